The van der Waals surface area contributed by atoms with Crippen LogP contribution in [-0.2, 0) is 4.74 Å². The number of nitrogens with zero attached hydrogens (tertiary/aromatic N) is 4. The average Bonchev–Trinajstić information content (AvgIpc) is 3.25. The number of benzene rings is 1. The van der Waals surface area contributed by atoms with Gasteiger partial charge in [-0.2, -0.15) is 0 Å². The van der Waals surface area contributed by atoms with Crippen molar-refractivity contribution in [1.82, 2.24) is 25.3 Å². The zero-order valence-electron chi connectivity index (χ0n) is 22.3. The summed E-state index contributed by atoms with van der Waals surface area (Å²) >= 11 is 0. The third-order valence-electron chi connectivity index (χ3n) is 6.62. The maximum atomic E-state index is 11.9. The molecule has 1 fully saturated rings. The molecule has 1 amide bonds. The topological polar surface area (TPSA) is 115 Å². The van der Waals surface area contributed by atoms with Crippen molar-refractivity contribution in [3.63, 3.8) is 0 Å². The number of carbonyl (C=O) groups excluding carboxylic acids is 1. The van der Waals surface area contributed by atoms with Crippen LogP contribution >= 0.6 is 0 Å². The molecule has 198 valence electrons. The lowest BCUT2D eigenvalue weighted by atomic mass is 10.0. The molecule has 0 radical (unpaired) electrons. The van der Waals surface area contributed by atoms with Crippen LogP contribution in [0.15, 0.2) is 28.8 Å². The van der Waals surface area contributed by atoms with Crippen LogP contribution in [0, 0.1) is 20.8 Å². The molecule has 10 nitrogen and oxygen atoms in total. The number of rotatable bonds is 9. The molecule has 4 rings (SSSR count). The summed E-state index contributed by atoms with van der Waals surface area (Å²) in [6, 6.07) is 8.03. The summed E-state index contributed by atoms with van der Waals surface area (Å²) in [5.41, 5.74) is 4.24. The van der Waals surface area contributed by atoms with Crippen LogP contribution < -0.4 is 15.4 Å². The van der Waals surface area contributed by atoms with Crippen molar-refractivity contribution in [3.8, 4) is 28.4 Å². The summed E-state index contributed by atoms with van der Waals surface area (Å²) in [6.45, 7) is 8.61. The van der Waals surface area contributed by atoms with E-state index in [1.807, 2.05) is 52.1 Å². The van der Waals surface area contributed by atoms with Gasteiger partial charge < -0.3 is 29.5 Å². The molecule has 0 atom stereocenters. The lowest BCUT2D eigenvalue weighted by molar-refractivity contribution is 0.113. The number of piperidine rings is 1. The molecule has 2 N–H and O–H groups in total. The second-order valence-electron chi connectivity index (χ2n) is 9.28. The van der Waals surface area contributed by atoms with Crippen molar-refractivity contribution in [2.75, 3.05) is 45.7 Å². The van der Waals surface area contributed by atoms with Crippen molar-refractivity contribution in [2.45, 2.75) is 46.1 Å². The minimum Gasteiger partial charge on any atom is -0.494 e. The fourth-order valence-electron chi connectivity index (χ4n) is 4.54. The van der Waals surface area contributed by atoms with Gasteiger partial charge in [-0.1, -0.05) is 17.3 Å². The van der Waals surface area contributed by atoms with Gasteiger partial charge in [0.2, 0.25) is 0 Å². The van der Waals surface area contributed by atoms with Crippen molar-refractivity contribution in [1.29, 1.82) is 0 Å². The van der Waals surface area contributed by atoms with Crippen molar-refractivity contribution in [2.24, 2.45) is 0 Å². The van der Waals surface area contributed by atoms with Crippen LogP contribution in [0.1, 0.15) is 36.3 Å². The molecule has 3 aromatic rings. The molecule has 0 aliphatic carbocycles. The predicted molar refractivity (Wildman–Crippen MR) is 142 cm³/mol. The first-order chi connectivity index (χ1) is 17.9. The van der Waals surface area contributed by atoms with Crippen LogP contribution in [0.25, 0.3) is 22.6 Å². The highest BCUT2D eigenvalue weighted by Crippen LogP contribution is 2.34. The Bertz CT molecular complexity index is 1200. The average molecular weight is 509 g/mol. The van der Waals surface area contributed by atoms with Crippen LogP contribution in [0.2, 0.25) is 0 Å². The summed E-state index contributed by atoms with van der Waals surface area (Å²) in [5, 5.41) is 10.9. The normalized spacial score (nSPS) is 14.0. The number of ether oxygens (including phenoxy) is 2. The Balaban J connectivity index is 1.65. The van der Waals surface area contributed by atoms with E-state index in [1.165, 1.54) is 7.11 Å². The molecule has 37 heavy (non-hydrogen) atoms. The fraction of sp³-hybridized carbons (Fsp3) is 0.481. The van der Waals surface area contributed by atoms with Gasteiger partial charge in [0.25, 0.3) is 0 Å². The SMILES string of the molecule is CNCCCOc1cccc(-c2nc(NC3CCN(C(=O)OC)CC3)c(C)c(-c3c(C)noc3C)n2)c1. The zero-order chi connectivity index (χ0) is 26.4. The standard InChI is InChI=1S/C27H36N6O4/c1-17-24(23-18(2)32-37-19(23)3)30-26(20-8-6-9-22(16-20)36-15-7-12-28-4)31-25(17)29-21-10-13-33(14-11-21)27(34)35-5/h6,8-9,16,21,28H,7,10-15H2,1-5H3,(H,29,30,31). The number of aryl methyl sites for hydroxylation is 2. The van der Waals surface area contributed by atoms with Crippen LogP contribution in [0.4, 0.5) is 10.6 Å². The van der Waals surface area contributed by atoms with E-state index >= 15 is 0 Å². The number of carbonyl (C=O) groups is 1. The molecule has 3 heterocycles. The second kappa shape index (κ2) is 12.1. The molecule has 2 aromatic heterocycles. The third-order valence-corrected chi connectivity index (χ3v) is 6.62. The first kappa shape index (κ1) is 26.4. The molecular formula is C27H36N6O4. The summed E-state index contributed by atoms with van der Waals surface area (Å²) in [4.78, 5) is 23.5. The number of amides is 1. The van der Waals surface area contributed by atoms with E-state index in [-0.39, 0.29) is 12.1 Å². The molecule has 1 aromatic carbocycles. The van der Waals surface area contributed by atoms with Gasteiger partial charge in [-0.25, -0.2) is 14.8 Å². The number of methoxy groups -OCH3 is 1. The van der Waals surface area contributed by atoms with E-state index in [9.17, 15) is 4.79 Å². The highest BCUT2D eigenvalue weighted by atomic mass is 16.5. The van der Waals surface area contributed by atoms with Gasteiger partial charge in [-0.05, 0) is 65.8 Å². The lowest BCUT2D eigenvalue weighted by Gasteiger charge is -2.32. The number of aromatic nitrogens is 3. The smallest absolute Gasteiger partial charge is 0.409 e. The summed E-state index contributed by atoms with van der Waals surface area (Å²) < 4.78 is 16.3. The number of nitrogens with one attached hydrogen (secondary N) is 2. The van der Waals surface area contributed by atoms with Crippen LogP contribution in [0.3, 0.4) is 0 Å². The van der Waals surface area contributed by atoms with Gasteiger partial charge in [-0.15, -0.1) is 0 Å². The molecule has 0 unspecified atom stereocenters. The molecule has 1 aliphatic rings. The minimum absolute atomic E-state index is 0.168. The lowest BCUT2D eigenvalue weighted by Crippen LogP contribution is -2.42. The Morgan fingerprint density at radius 2 is 1.97 bits per heavy atom. The summed E-state index contributed by atoms with van der Waals surface area (Å²) in [6.07, 6.45) is 2.23. The number of hydrogen-bond acceptors (Lipinski definition) is 9. The van der Waals surface area contributed by atoms with Gasteiger partial charge in [0.15, 0.2) is 5.82 Å². The van der Waals surface area contributed by atoms with Gasteiger partial charge in [-0.3, -0.25) is 0 Å². The van der Waals surface area contributed by atoms with Crippen LogP contribution in [0.5, 0.6) is 5.75 Å². The van der Waals surface area contributed by atoms with E-state index in [0.29, 0.717) is 31.3 Å². The van der Waals surface area contributed by atoms with E-state index in [4.69, 9.17) is 24.0 Å². The quantitative estimate of drug-likeness (QED) is 0.407. The zero-order valence-corrected chi connectivity index (χ0v) is 22.3. The number of likely N-dealkylation sites (tertiary alicyclic amines) is 1. The van der Waals surface area contributed by atoms with E-state index in [1.54, 1.807) is 4.90 Å². The Morgan fingerprint density at radius 1 is 1.19 bits per heavy atom. The maximum Gasteiger partial charge on any atom is 0.409 e. The van der Waals surface area contributed by atoms with E-state index in [0.717, 1.165) is 65.5 Å². The van der Waals surface area contributed by atoms with E-state index in [2.05, 4.69) is 15.8 Å². The Kier molecular flexibility index (Phi) is 8.60. The highest BCUT2D eigenvalue weighted by Gasteiger charge is 2.26. The monoisotopic (exact) mass is 508 g/mol. The fourth-order valence-corrected chi connectivity index (χ4v) is 4.54. The van der Waals surface area contributed by atoms with Crippen molar-refractivity contribution >= 4 is 11.9 Å². The summed E-state index contributed by atoms with van der Waals surface area (Å²) in [5.74, 6) is 2.85. The Morgan fingerprint density at radius 3 is 2.65 bits per heavy atom. The molecule has 0 saturated carbocycles. The Hall–Kier alpha value is -3.66. The summed E-state index contributed by atoms with van der Waals surface area (Å²) in [7, 11) is 3.34. The highest BCUT2D eigenvalue weighted by molar-refractivity contribution is 5.74. The van der Waals surface area contributed by atoms with Crippen molar-refractivity contribution < 1.29 is 18.8 Å². The first-order valence-electron chi connectivity index (χ1n) is 12.7. The molecule has 0 bridgehead atoms. The first-order valence-corrected chi connectivity index (χ1v) is 12.7. The molecule has 1 saturated heterocycles. The number of anilines is 1. The maximum absolute atomic E-state index is 11.9. The molecule has 0 spiro atoms. The second-order valence-corrected chi connectivity index (χ2v) is 9.28. The van der Waals surface area contributed by atoms with Gasteiger partial charge >= 0.3 is 6.09 Å². The largest absolute Gasteiger partial charge is 0.494 e. The Labute approximate surface area is 217 Å². The third kappa shape index (κ3) is 6.19. The molecular weight excluding hydrogens is 472 g/mol. The molecule has 1 aliphatic heterocycles. The molecule has 10 heteroatoms. The van der Waals surface area contributed by atoms with Gasteiger partial charge in [0, 0.05) is 30.3 Å². The number of hydrogen-bond donors (Lipinski definition) is 2. The predicted octanol–water partition coefficient (Wildman–Crippen LogP) is 4.35. The van der Waals surface area contributed by atoms with Gasteiger partial charge in [0.05, 0.1) is 30.7 Å². The van der Waals surface area contributed by atoms with E-state index < -0.39 is 0 Å². The van der Waals surface area contributed by atoms with Crippen LogP contribution in [-0.4, -0.2) is 72.6 Å². The van der Waals surface area contributed by atoms with Gasteiger partial charge in [0.1, 0.15) is 17.3 Å². The van der Waals surface area contributed by atoms with Crippen molar-refractivity contribution in [3.05, 3.63) is 41.3 Å². The minimum atomic E-state index is -0.285.